The first-order chi connectivity index (χ1) is 27.1. The molecule has 1 aliphatic carbocycles. The van der Waals surface area contributed by atoms with Crippen LogP contribution in [0.5, 0.6) is 0 Å². The second-order valence-corrected chi connectivity index (χ2v) is 14.9. The lowest BCUT2D eigenvalue weighted by molar-refractivity contribution is 0.548. The number of hydrogen-bond acceptors (Lipinski definition) is 2. The van der Waals surface area contributed by atoms with E-state index in [9.17, 15) is 0 Å². The number of fused-ring (bicyclic) bond motifs is 7. The summed E-state index contributed by atoms with van der Waals surface area (Å²) in [6, 6.07) is 62.9. The van der Waals surface area contributed by atoms with Gasteiger partial charge in [-0.25, -0.2) is 9.97 Å². The van der Waals surface area contributed by atoms with Crippen molar-refractivity contribution < 1.29 is 0 Å². The maximum Gasteiger partial charge on any atom is 0.139 e. The summed E-state index contributed by atoms with van der Waals surface area (Å²) in [5.41, 5.74) is 12.0. The molecule has 0 radical (unpaired) electrons. The van der Waals surface area contributed by atoms with Crippen molar-refractivity contribution in [1.82, 2.24) is 19.1 Å². The number of rotatable bonds is 5. The maximum atomic E-state index is 5.32. The molecule has 0 saturated heterocycles. The van der Waals surface area contributed by atoms with Gasteiger partial charge in [0.1, 0.15) is 5.82 Å². The van der Waals surface area contributed by atoms with Crippen LogP contribution in [0.4, 0.5) is 0 Å². The highest BCUT2D eigenvalue weighted by Crippen LogP contribution is 2.43. The van der Waals surface area contributed by atoms with E-state index in [2.05, 4.69) is 204 Å². The molecule has 1 atom stereocenters. The van der Waals surface area contributed by atoms with Crippen molar-refractivity contribution in [2.24, 2.45) is 0 Å². The van der Waals surface area contributed by atoms with E-state index in [0.717, 1.165) is 40.4 Å². The van der Waals surface area contributed by atoms with Crippen molar-refractivity contribution in [3.05, 3.63) is 199 Å². The highest BCUT2D eigenvalue weighted by Gasteiger charge is 2.35. The van der Waals surface area contributed by atoms with E-state index in [0.29, 0.717) is 0 Å². The summed E-state index contributed by atoms with van der Waals surface area (Å²) in [7, 11) is 0. The molecular weight excluding hydrogens is 669 g/mol. The summed E-state index contributed by atoms with van der Waals surface area (Å²) in [6.45, 7) is 2.29. The zero-order valence-corrected chi connectivity index (χ0v) is 30.4. The van der Waals surface area contributed by atoms with Crippen LogP contribution >= 0.6 is 0 Å². The van der Waals surface area contributed by atoms with E-state index in [4.69, 9.17) is 9.97 Å². The van der Waals surface area contributed by atoms with Crippen molar-refractivity contribution in [3.63, 3.8) is 0 Å². The smallest absolute Gasteiger partial charge is 0.139 e. The highest BCUT2D eigenvalue weighted by atomic mass is 15.0. The molecule has 0 saturated carbocycles. The number of hydrogen-bond donors (Lipinski definition) is 0. The molecule has 0 fully saturated rings. The summed E-state index contributed by atoms with van der Waals surface area (Å²) in [4.78, 5) is 10.6. The van der Waals surface area contributed by atoms with Crippen LogP contribution in [0.25, 0.3) is 83.4 Å². The van der Waals surface area contributed by atoms with Gasteiger partial charge in [-0.15, -0.1) is 0 Å². The summed E-state index contributed by atoms with van der Waals surface area (Å²) in [5.74, 6) is 0.822. The SMILES string of the molecule is CC1(c2nc(-c3ccccc3)cc(-c3ccccc3)n2)C=Cc2c(c3ccc(-n4c5ccccc5c5ccccc54)cc3n2-c2cccc3ccccc23)C1. The van der Waals surface area contributed by atoms with Crippen molar-refractivity contribution in [1.29, 1.82) is 0 Å². The van der Waals surface area contributed by atoms with Crippen molar-refractivity contribution in [2.75, 3.05) is 0 Å². The van der Waals surface area contributed by atoms with Gasteiger partial charge in [-0.05, 0) is 66.8 Å². The molecule has 11 rings (SSSR count). The fraction of sp³-hybridized carbons (Fsp3) is 0.0588. The molecule has 1 aliphatic rings. The summed E-state index contributed by atoms with van der Waals surface area (Å²) >= 11 is 0. The molecule has 4 heteroatoms. The number of nitrogens with zero attached hydrogens (tertiary/aromatic N) is 4. The van der Waals surface area contributed by atoms with Gasteiger partial charge in [-0.3, -0.25) is 0 Å². The van der Waals surface area contributed by atoms with Crippen LogP contribution in [0, 0.1) is 0 Å². The first kappa shape index (κ1) is 31.5. The molecule has 0 bridgehead atoms. The van der Waals surface area contributed by atoms with E-state index < -0.39 is 5.41 Å². The lowest BCUT2D eigenvalue weighted by Crippen LogP contribution is -2.28. The largest absolute Gasteiger partial charge is 0.309 e. The topological polar surface area (TPSA) is 35.6 Å². The van der Waals surface area contributed by atoms with E-state index in [1.54, 1.807) is 0 Å². The molecule has 3 heterocycles. The van der Waals surface area contributed by atoms with E-state index in [-0.39, 0.29) is 0 Å². The van der Waals surface area contributed by atoms with Crippen LogP contribution in [0.2, 0.25) is 0 Å². The van der Waals surface area contributed by atoms with Crippen LogP contribution in [0.3, 0.4) is 0 Å². The number of allylic oxidation sites excluding steroid dienone is 1. The van der Waals surface area contributed by atoms with Crippen molar-refractivity contribution >= 4 is 49.6 Å². The Labute approximate surface area is 319 Å². The van der Waals surface area contributed by atoms with Gasteiger partial charge >= 0.3 is 0 Å². The van der Waals surface area contributed by atoms with Crippen molar-refractivity contribution in [2.45, 2.75) is 18.8 Å². The van der Waals surface area contributed by atoms with Crippen LogP contribution in [-0.2, 0) is 11.8 Å². The number of para-hydroxylation sites is 2. The molecule has 4 nitrogen and oxygen atoms in total. The second kappa shape index (κ2) is 12.3. The lowest BCUT2D eigenvalue weighted by atomic mass is 9.78. The van der Waals surface area contributed by atoms with Crippen molar-refractivity contribution in [3.8, 4) is 33.9 Å². The Morgan fingerprint density at radius 3 is 1.75 bits per heavy atom. The molecule has 0 amide bonds. The molecular formula is C51H36N4. The Bertz CT molecular complexity index is 3020. The molecule has 0 N–H and O–H groups in total. The predicted octanol–water partition coefficient (Wildman–Crippen LogP) is 12.5. The fourth-order valence-electron chi connectivity index (χ4n) is 8.79. The Morgan fingerprint density at radius 1 is 0.491 bits per heavy atom. The molecule has 260 valence electrons. The first-order valence-electron chi connectivity index (χ1n) is 19.0. The normalized spacial score (nSPS) is 15.3. The van der Waals surface area contributed by atoms with Crippen LogP contribution < -0.4 is 0 Å². The molecule has 0 spiro atoms. The fourth-order valence-corrected chi connectivity index (χ4v) is 8.79. The van der Waals surface area contributed by atoms with Gasteiger partial charge in [0.25, 0.3) is 0 Å². The second-order valence-electron chi connectivity index (χ2n) is 14.9. The molecule has 0 aliphatic heterocycles. The van der Waals surface area contributed by atoms with Gasteiger partial charge in [0.05, 0.1) is 33.6 Å². The van der Waals surface area contributed by atoms with Crippen LogP contribution in [0.1, 0.15) is 24.0 Å². The predicted molar refractivity (Wildman–Crippen MR) is 228 cm³/mol. The molecule has 10 aromatic rings. The Morgan fingerprint density at radius 2 is 1.07 bits per heavy atom. The zero-order chi connectivity index (χ0) is 36.5. The van der Waals surface area contributed by atoms with E-state index >= 15 is 0 Å². The Hall–Kier alpha value is -7.04. The van der Waals surface area contributed by atoms with Gasteiger partial charge < -0.3 is 9.13 Å². The standard InChI is InChI=1S/C51H36N4/c1-51(50-52-43(35-16-4-2-5-17-35)32-44(53-50)36-18-6-3-7-19-36)30-29-48-42(33-51)41-28-27-37(54-46-24-12-10-22-39(46)40-23-11-13-25-47(40)54)31-49(41)55(48)45-26-14-20-34-15-8-9-21-38(34)45/h2-32H,33H2,1H3. The summed E-state index contributed by atoms with van der Waals surface area (Å²) in [6.07, 6.45) is 5.42. The highest BCUT2D eigenvalue weighted by molar-refractivity contribution is 6.09. The van der Waals surface area contributed by atoms with Gasteiger partial charge in [-0.2, -0.15) is 0 Å². The molecule has 3 aromatic heterocycles. The average Bonchev–Trinajstić information content (AvgIpc) is 3.75. The minimum absolute atomic E-state index is 0.454. The minimum Gasteiger partial charge on any atom is -0.309 e. The number of benzene rings is 7. The Kier molecular flexibility index (Phi) is 7.02. The lowest BCUT2D eigenvalue weighted by Gasteiger charge is -2.29. The molecule has 1 unspecified atom stereocenters. The average molecular weight is 705 g/mol. The molecule has 55 heavy (non-hydrogen) atoms. The van der Waals surface area contributed by atoms with Crippen LogP contribution in [-0.4, -0.2) is 19.1 Å². The van der Waals surface area contributed by atoms with Gasteiger partial charge in [0.15, 0.2) is 0 Å². The first-order valence-corrected chi connectivity index (χ1v) is 19.0. The number of aromatic nitrogens is 4. The monoisotopic (exact) mass is 704 g/mol. The minimum atomic E-state index is -0.454. The van der Waals surface area contributed by atoms with Gasteiger partial charge in [0.2, 0.25) is 0 Å². The molecule has 7 aromatic carbocycles. The Balaban J connectivity index is 1.14. The van der Waals surface area contributed by atoms with E-state index in [1.807, 2.05) is 0 Å². The third-order valence-corrected chi connectivity index (χ3v) is 11.5. The van der Waals surface area contributed by atoms with Gasteiger partial charge in [-0.1, -0.05) is 146 Å². The summed E-state index contributed by atoms with van der Waals surface area (Å²) in [5, 5.41) is 6.20. The maximum absolute atomic E-state index is 5.32. The van der Waals surface area contributed by atoms with Gasteiger partial charge in [0, 0.05) is 49.5 Å². The third-order valence-electron chi connectivity index (χ3n) is 11.5. The third kappa shape index (κ3) is 4.99. The summed E-state index contributed by atoms with van der Waals surface area (Å²) < 4.78 is 4.90. The van der Waals surface area contributed by atoms with Crippen LogP contribution in [0.15, 0.2) is 182 Å². The van der Waals surface area contributed by atoms with E-state index in [1.165, 1.54) is 60.4 Å². The zero-order valence-electron chi connectivity index (χ0n) is 30.4. The quantitative estimate of drug-likeness (QED) is 0.179.